The molecule has 21 heavy (non-hydrogen) atoms. The summed E-state index contributed by atoms with van der Waals surface area (Å²) >= 11 is 0. The lowest BCUT2D eigenvalue weighted by molar-refractivity contribution is -0.384. The summed E-state index contributed by atoms with van der Waals surface area (Å²) in [6.45, 7) is 1.72. The molecular formula is C13H11N3O5. The lowest BCUT2D eigenvalue weighted by Gasteiger charge is -2.07. The van der Waals surface area contributed by atoms with Gasteiger partial charge in [-0.2, -0.15) is 5.10 Å². The molecule has 0 saturated carbocycles. The van der Waals surface area contributed by atoms with E-state index in [1.54, 1.807) is 13.0 Å². The molecule has 1 aromatic carbocycles. The van der Waals surface area contributed by atoms with Crippen LogP contribution in [-0.4, -0.2) is 27.8 Å². The maximum Gasteiger partial charge on any atom is 0.362 e. The van der Waals surface area contributed by atoms with Crippen molar-refractivity contribution in [3.8, 4) is 5.69 Å². The fourth-order valence-corrected chi connectivity index (χ4v) is 1.75. The van der Waals surface area contributed by atoms with Crippen LogP contribution in [0.25, 0.3) is 5.69 Å². The third kappa shape index (κ3) is 2.78. The normalized spacial score (nSPS) is 10.2. The fraction of sp³-hybridized carbons (Fsp3) is 0.154. The highest BCUT2D eigenvalue weighted by Crippen LogP contribution is 2.23. The quantitative estimate of drug-likeness (QED) is 0.478. The minimum absolute atomic E-state index is 0.149. The number of ether oxygens (including phenoxy) is 1. The molecule has 1 aromatic heterocycles. The van der Waals surface area contributed by atoms with E-state index in [1.165, 1.54) is 18.3 Å². The predicted molar refractivity (Wildman–Crippen MR) is 72.6 cm³/mol. The zero-order valence-electron chi connectivity index (χ0n) is 11.3. The molecule has 0 aliphatic rings. The Morgan fingerprint density at radius 3 is 2.71 bits per heavy atom. The molecule has 0 aliphatic heterocycles. The van der Waals surface area contributed by atoms with Crippen molar-refractivity contribution in [1.29, 1.82) is 0 Å². The summed E-state index contributed by atoms with van der Waals surface area (Å²) in [5, 5.41) is 14.9. The molecule has 0 aliphatic carbocycles. The van der Waals surface area contributed by atoms with Crippen LogP contribution in [0.15, 0.2) is 35.3 Å². The third-order valence-electron chi connectivity index (χ3n) is 2.76. The van der Waals surface area contributed by atoms with Gasteiger partial charge < -0.3 is 4.74 Å². The third-order valence-corrected chi connectivity index (χ3v) is 2.76. The van der Waals surface area contributed by atoms with Crippen LogP contribution in [0.3, 0.4) is 0 Å². The zero-order valence-corrected chi connectivity index (χ0v) is 11.3. The van der Waals surface area contributed by atoms with Crippen LogP contribution in [0.1, 0.15) is 16.1 Å². The minimum Gasteiger partial charge on any atom is -0.464 e. The Labute approximate surface area is 118 Å². The van der Waals surface area contributed by atoms with Crippen molar-refractivity contribution in [3.63, 3.8) is 0 Å². The molecule has 0 unspecified atom stereocenters. The standard InChI is InChI=1S/C13H11N3O5/c1-8-3-4-9(10(7-8)16(19)20)15-6-5-11(17)12(14-15)13(18)21-2/h3-7H,1-2H3. The second-order valence-corrected chi connectivity index (χ2v) is 4.21. The minimum atomic E-state index is -0.899. The first-order valence-corrected chi connectivity index (χ1v) is 5.87. The summed E-state index contributed by atoms with van der Waals surface area (Å²) < 4.78 is 5.56. The van der Waals surface area contributed by atoms with E-state index in [4.69, 9.17) is 0 Å². The average Bonchev–Trinajstić information content (AvgIpc) is 2.47. The highest BCUT2D eigenvalue weighted by Gasteiger charge is 2.18. The largest absolute Gasteiger partial charge is 0.464 e. The number of carbonyl (C=O) groups excluding carboxylic acids is 1. The summed E-state index contributed by atoms with van der Waals surface area (Å²) in [5.74, 6) is -0.899. The van der Waals surface area contributed by atoms with E-state index in [1.807, 2.05) is 0 Å². The summed E-state index contributed by atoms with van der Waals surface area (Å²) in [4.78, 5) is 33.6. The summed E-state index contributed by atoms with van der Waals surface area (Å²) in [5.41, 5.74) is -0.375. The van der Waals surface area contributed by atoms with Gasteiger partial charge in [0.25, 0.3) is 5.69 Å². The number of nitrogens with zero attached hydrogens (tertiary/aromatic N) is 3. The Balaban J connectivity index is 2.65. The zero-order chi connectivity index (χ0) is 15.6. The number of hydrogen-bond donors (Lipinski definition) is 0. The summed E-state index contributed by atoms with van der Waals surface area (Å²) in [6.07, 6.45) is 1.26. The maximum atomic E-state index is 11.6. The number of aryl methyl sites for hydroxylation is 1. The molecule has 1 heterocycles. The Kier molecular flexibility index (Phi) is 3.79. The first-order chi connectivity index (χ1) is 9.93. The number of nitro benzene ring substituents is 1. The number of aromatic nitrogens is 2. The first-order valence-electron chi connectivity index (χ1n) is 5.87. The van der Waals surface area contributed by atoms with Gasteiger partial charge in [-0.3, -0.25) is 14.9 Å². The lowest BCUT2D eigenvalue weighted by Crippen LogP contribution is -2.21. The Morgan fingerprint density at radius 2 is 2.10 bits per heavy atom. The van der Waals surface area contributed by atoms with E-state index >= 15 is 0 Å². The first kappa shape index (κ1) is 14.4. The Hall–Kier alpha value is -3.03. The molecule has 8 heteroatoms. The van der Waals surface area contributed by atoms with Gasteiger partial charge in [-0.25, -0.2) is 9.48 Å². The summed E-state index contributed by atoms with van der Waals surface area (Å²) in [6, 6.07) is 5.64. The smallest absolute Gasteiger partial charge is 0.362 e. The van der Waals surface area contributed by atoms with Crippen LogP contribution >= 0.6 is 0 Å². The van der Waals surface area contributed by atoms with Gasteiger partial charge in [0.15, 0.2) is 0 Å². The number of methoxy groups -OCH3 is 1. The second-order valence-electron chi connectivity index (χ2n) is 4.21. The van der Waals surface area contributed by atoms with Crippen LogP contribution in [0, 0.1) is 17.0 Å². The van der Waals surface area contributed by atoms with E-state index in [0.29, 0.717) is 5.56 Å². The Morgan fingerprint density at radius 1 is 1.38 bits per heavy atom. The molecule has 0 amide bonds. The number of hydrogen-bond acceptors (Lipinski definition) is 6. The number of carbonyl (C=O) groups is 1. The van der Waals surface area contributed by atoms with Crippen molar-refractivity contribution in [2.75, 3.05) is 7.11 Å². The molecule has 0 fully saturated rings. The van der Waals surface area contributed by atoms with E-state index < -0.39 is 22.0 Å². The molecule has 108 valence electrons. The van der Waals surface area contributed by atoms with Crippen molar-refractivity contribution >= 4 is 11.7 Å². The van der Waals surface area contributed by atoms with Gasteiger partial charge >= 0.3 is 5.97 Å². The maximum absolute atomic E-state index is 11.6. The SMILES string of the molecule is COC(=O)c1nn(-c2ccc(C)cc2[N+](=O)[O-])ccc1=O. The molecule has 0 saturated heterocycles. The van der Waals surface area contributed by atoms with Crippen molar-refractivity contribution in [1.82, 2.24) is 9.78 Å². The molecule has 2 rings (SSSR count). The fourth-order valence-electron chi connectivity index (χ4n) is 1.75. The molecular weight excluding hydrogens is 278 g/mol. The van der Waals surface area contributed by atoms with Crippen molar-refractivity contribution in [3.05, 3.63) is 62.1 Å². The van der Waals surface area contributed by atoms with Crippen molar-refractivity contribution in [2.45, 2.75) is 6.92 Å². The van der Waals surface area contributed by atoms with Gasteiger partial charge in [0, 0.05) is 18.3 Å². The number of esters is 1. The van der Waals surface area contributed by atoms with Gasteiger partial charge in [0.2, 0.25) is 11.1 Å². The van der Waals surface area contributed by atoms with Crippen LogP contribution in [-0.2, 0) is 4.74 Å². The van der Waals surface area contributed by atoms with Gasteiger partial charge in [-0.15, -0.1) is 0 Å². The van der Waals surface area contributed by atoms with Crippen LogP contribution in [0.4, 0.5) is 5.69 Å². The van der Waals surface area contributed by atoms with Crippen LogP contribution in [0.2, 0.25) is 0 Å². The highest BCUT2D eigenvalue weighted by molar-refractivity contribution is 5.86. The molecule has 0 atom stereocenters. The molecule has 0 bridgehead atoms. The number of benzene rings is 1. The van der Waals surface area contributed by atoms with Crippen molar-refractivity contribution in [2.24, 2.45) is 0 Å². The van der Waals surface area contributed by atoms with E-state index in [9.17, 15) is 19.7 Å². The van der Waals surface area contributed by atoms with Gasteiger partial charge in [-0.1, -0.05) is 6.07 Å². The van der Waals surface area contributed by atoms with Crippen LogP contribution < -0.4 is 5.43 Å². The predicted octanol–water partition coefficient (Wildman–Crippen LogP) is 1.24. The van der Waals surface area contributed by atoms with Crippen LogP contribution in [0.5, 0.6) is 0 Å². The molecule has 0 radical (unpaired) electrons. The van der Waals surface area contributed by atoms with E-state index in [2.05, 4.69) is 9.84 Å². The topological polar surface area (TPSA) is 104 Å². The molecule has 8 nitrogen and oxygen atoms in total. The van der Waals surface area contributed by atoms with E-state index in [0.717, 1.165) is 17.9 Å². The monoisotopic (exact) mass is 289 g/mol. The molecule has 0 N–H and O–H groups in total. The van der Waals surface area contributed by atoms with Gasteiger partial charge in [0.05, 0.1) is 12.0 Å². The van der Waals surface area contributed by atoms with Gasteiger partial charge in [-0.05, 0) is 18.6 Å². The Bertz CT molecular complexity index is 782. The number of rotatable bonds is 3. The molecule has 0 spiro atoms. The molecule has 2 aromatic rings. The lowest BCUT2D eigenvalue weighted by atomic mass is 10.2. The van der Waals surface area contributed by atoms with Crippen molar-refractivity contribution < 1.29 is 14.5 Å². The highest BCUT2D eigenvalue weighted by atomic mass is 16.6. The number of nitro groups is 1. The summed E-state index contributed by atoms with van der Waals surface area (Å²) in [7, 11) is 1.12. The van der Waals surface area contributed by atoms with Gasteiger partial charge in [0.1, 0.15) is 5.69 Å². The van der Waals surface area contributed by atoms with E-state index in [-0.39, 0.29) is 11.4 Å². The second kappa shape index (κ2) is 5.53. The average molecular weight is 289 g/mol.